The molecule has 8 heteroatoms. The van der Waals surface area contributed by atoms with E-state index in [9.17, 15) is 4.79 Å². The third kappa shape index (κ3) is 4.12. The Morgan fingerprint density at radius 2 is 2.14 bits per heavy atom. The van der Waals surface area contributed by atoms with Gasteiger partial charge in [0.15, 0.2) is 6.61 Å². The third-order valence-electron chi connectivity index (χ3n) is 4.97. The molecule has 152 valence electrons. The Hall–Kier alpha value is -2.87. The Morgan fingerprint density at radius 3 is 2.93 bits per heavy atom. The topological polar surface area (TPSA) is 83.7 Å². The quantitative estimate of drug-likeness (QED) is 0.556. The molecule has 0 spiro atoms. The molecule has 29 heavy (non-hydrogen) atoms. The van der Waals surface area contributed by atoms with Gasteiger partial charge in [-0.1, -0.05) is 12.1 Å². The smallest absolute Gasteiger partial charge is 0.348 e. The first-order valence-electron chi connectivity index (χ1n) is 9.41. The zero-order chi connectivity index (χ0) is 20.4. The van der Waals surface area contributed by atoms with Gasteiger partial charge in [-0.05, 0) is 48.9 Å². The summed E-state index contributed by atoms with van der Waals surface area (Å²) in [6.07, 6.45) is 3.22. The number of carbonyl (C=O) groups is 1. The molecule has 0 radical (unpaired) electrons. The normalized spacial score (nSPS) is 15.6. The van der Waals surface area contributed by atoms with Crippen molar-refractivity contribution in [1.29, 1.82) is 0 Å². The summed E-state index contributed by atoms with van der Waals surface area (Å²) in [7, 11) is 3.14. The van der Waals surface area contributed by atoms with Crippen molar-refractivity contribution < 1.29 is 23.5 Å². The fourth-order valence-corrected chi connectivity index (χ4v) is 4.51. The largest absolute Gasteiger partial charge is 0.497 e. The average molecular weight is 414 g/mol. The summed E-state index contributed by atoms with van der Waals surface area (Å²) in [5.74, 6) is 2.10. The van der Waals surface area contributed by atoms with Crippen molar-refractivity contribution in [2.24, 2.45) is 5.92 Å². The first-order valence-corrected chi connectivity index (χ1v) is 10.2. The Bertz CT molecular complexity index is 1030. The van der Waals surface area contributed by atoms with Gasteiger partial charge < -0.3 is 18.7 Å². The number of hydrogen-bond donors (Lipinski definition) is 0. The minimum Gasteiger partial charge on any atom is -0.497 e. The van der Waals surface area contributed by atoms with Crippen LogP contribution in [0.1, 0.15) is 39.3 Å². The summed E-state index contributed by atoms with van der Waals surface area (Å²) >= 11 is 1.52. The van der Waals surface area contributed by atoms with Crippen LogP contribution in [0.5, 0.6) is 11.5 Å². The highest BCUT2D eigenvalue weighted by atomic mass is 32.1. The first-order chi connectivity index (χ1) is 14.1. The maximum Gasteiger partial charge on any atom is 0.348 e. The number of ether oxygens (including phenoxy) is 3. The molecule has 0 saturated heterocycles. The summed E-state index contributed by atoms with van der Waals surface area (Å²) in [6.45, 7) is 2.16. The SMILES string of the molecule is COc1ccc(-c2noc(COC(=O)c3cc4c(s3)CC[C@@H](C)C4)n2)c(OC)c1. The number of fused-ring (bicyclic) bond motifs is 1. The molecule has 0 bridgehead atoms. The summed E-state index contributed by atoms with van der Waals surface area (Å²) in [4.78, 5) is 18.7. The van der Waals surface area contributed by atoms with E-state index in [1.807, 2.05) is 6.07 Å². The van der Waals surface area contributed by atoms with Crippen molar-refractivity contribution in [3.63, 3.8) is 0 Å². The van der Waals surface area contributed by atoms with Crippen LogP contribution in [-0.4, -0.2) is 30.3 Å². The van der Waals surface area contributed by atoms with Gasteiger partial charge in [0, 0.05) is 10.9 Å². The molecule has 1 atom stereocenters. The fourth-order valence-electron chi connectivity index (χ4n) is 3.41. The molecule has 0 unspecified atom stereocenters. The molecule has 3 aromatic rings. The molecule has 0 aliphatic heterocycles. The lowest BCUT2D eigenvalue weighted by molar-refractivity contribution is 0.0435. The number of methoxy groups -OCH3 is 2. The van der Waals surface area contributed by atoms with E-state index in [0.717, 1.165) is 12.8 Å². The molecule has 2 heterocycles. The minimum absolute atomic E-state index is 0.0801. The molecular formula is C21H22N2O5S. The van der Waals surface area contributed by atoms with Crippen LogP contribution in [0, 0.1) is 5.92 Å². The number of aryl methyl sites for hydroxylation is 1. The Kier molecular flexibility index (Phi) is 5.53. The zero-order valence-electron chi connectivity index (χ0n) is 16.6. The Morgan fingerprint density at radius 1 is 1.28 bits per heavy atom. The number of nitrogens with zero attached hydrogens (tertiary/aromatic N) is 2. The standard InChI is InChI=1S/C21H22N2O5S/c1-12-4-7-17-13(8-12)9-18(29-17)21(24)27-11-19-22-20(23-28-19)15-6-5-14(25-2)10-16(15)26-3/h5-6,9-10,12H,4,7-8,11H2,1-3H3/t12-/m1/s1. The van der Waals surface area contributed by atoms with Crippen LogP contribution in [0.4, 0.5) is 0 Å². The molecule has 1 aliphatic carbocycles. The van der Waals surface area contributed by atoms with Gasteiger partial charge in [0.05, 0.1) is 19.8 Å². The molecule has 1 aromatic carbocycles. The molecule has 4 rings (SSSR count). The first kappa shape index (κ1) is 19.4. The Labute approximate surface area is 172 Å². The van der Waals surface area contributed by atoms with E-state index in [1.54, 1.807) is 32.4 Å². The number of carbonyl (C=O) groups excluding carboxylic acids is 1. The van der Waals surface area contributed by atoms with Crippen LogP contribution < -0.4 is 9.47 Å². The van der Waals surface area contributed by atoms with Gasteiger partial charge in [-0.25, -0.2) is 4.79 Å². The van der Waals surface area contributed by atoms with Gasteiger partial charge in [0.25, 0.3) is 5.89 Å². The van der Waals surface area contributed by atoms with Crippen LogP contribution in [0.3, 0.4) is 0 Å². The highest BCUT2D eigenvalue weighted by Gasteiger charge is 2.22. The van der Waals surface area contributed by atoms with E-state index < -0.39 is 0 Å². The summed E-state index contributed by atoms with van der Waals surface area (Å²) in [5.41, 5.74) is 1.93. The van der Waals surface area contributed by atoms with Gasteiger partial charge >= 0.3 is 5.97 Å². The van der Waals surface area contributed by atoms with Crippen LogP contribution in [-0.2, 0) is 24.2 Å². The number of benzene rings is 1. The lowest BCUT2D eigenvalue weighted by Crippen LogP contribution is -2.08. The van der Waals surface area contributed by atoms with Crippen molar-refractivity contribution in [3.8, 4) is 22.9 Å². The monoisotopic (exact) mass is 414 g/mol. The average Bonchev–Trinajstić information content (AvgIpc) is 3.38. The van der Waals surface area contributed by atoms with Gasteiger partial charge in [0.2, 0.25) is 5.82 Å². The molecule has 0 amide bonds. The van der Waals surface area contributed by atoms with Crippen molar-refractivity contribution in [2.45, 2.75) is 32.8 Å². The molecular weight excluding hydrogens is 392 g/mol. The van der Waals surface area contributed by atoms with E-state index in [2.05, 4.69) is 17.1 Å². The van der Waals surface area contributed by atoms with Crippen LogP contribution >= 0.6 is 11.3 Å². The number of hydrogen-bond acceptors (Lipinski definition) is 8. The number of esters is 1. The summed E-state index contributed by atoms with van der Waals surface area (Å²) in [5, 5.41) is 3.97. The highest BCUT2D eigenvalue weighted by Crippen LogP contribution is 2.33. The lowest BCUT2D eigenvalue weighted by atomic mass is 9.90. The van der Waals surface area contributed by atoms with E-state index in [1.165, 1.54) is 28.2 Å². The fraction of sp³-hybridized carbons (Fsp3) is 0.381. The van der Waals surface area contributed by atoms with Crippen LogP contribution in [0.15, 0.2) is 28.8 Å². The molecule has 7 nitrogen and oxygen atoms in total. The predicted octanol–water partition coefficient (Wildman–Crippen LogP) is 4.30. The predicted molar refractivity (Wildman–Crippen MR) is 107 cm³/mol. The summed E-state index contributed by atoms with van der Waals surface area (Å²) < 4.78 is 21.2. The number of thiophene rings is 1. The van der Waals surface area contributed by atoms with E-state index in [-0.39, 0.29) is 18.5 Å². The van der Waals surface area contributed by atoms with Crippen molar-refractivity contribution in [3.05, 3.63) is 45.5 Å². The van der Waals surface area contributed by atoms with Crippen molar-refractivity contribution in [2.75, 3.05) is 14.2 Å². The van der Waals surface area contributed by atoms with Crippen LogP contribution in [0.2, 0.25) is 0 Å². The minimum atomic E-state index is -0.362. The van der Waals surface area contributed by atoms with Crippen LogP contribution in [0.25, 0.3) is 11.4 Å². The van der Waals surface area contributed by atoms with Gasteiger partial charge in [-0.2, -0.15) is 4.98 Å². The van der Waals surface area contributed by atoms with E-state index in [4.69, 9.17) is 18.7 Å². The van der Waals surface area contributed by atoms with Crippen molar-refractivity contribution in [1.82, 2.24) is 10.1 Å². The number of rotatable bonds is 6. The van der Waals surface area contributed by atoms with Gasteiger partial charge in [0.1, 0.15) is 16.4 Å². The van der Waals surface area contributed by atoms with Gasteiger partial charge in [-0.15, -0.1) is 11.3 Å². The Balaban J connectivity index is 1.43. The van der Waals surface area contributed by atoms with Crippen molar-refractivity contribution >= 4 is 17.3 Å². The second-order valence-corrected chi connectivity index (χ2v) is 8.20. The molecule has 2 aromatic heterocycles. The second kappa shape index (κ2) is 8.24. The highest BCUT2D eigenvalue weighted by molar-refractivity contribution is 7.14. The second-order valence-electron chi connectivity index (χ2n) is 7.06. The number of aromatic nitrogens is 2. The van der Waals surface area contributed by atoms with E-state index in [0.29, 0.717) is 33.7 Å². The summed E-state index contributed by atoms with van der Waals surface area (Å²) in [6, 6.07) is 7.27. The molecule has 1 aliphatic rings. The third-order valence-corrected chi connectivity index (χ3v) is 6.19. The molecule has 0 fully saturated rings. The molecule has 0 N–H and O–H groups in total. The maximum absolute atomic E-state index is 12.4. The lowest BCUT2D eigenvalue weighted by Gasteiger charge is -2.16. The van der Waals surface area contributed by atoms with Gasteiger partial charge in [-0.3, -0.25) is 0 Å². The zero-order valence-corrected chi connectivity index (χ0v) is 17.4. The maximum atomic E-state index is 12.4. The van der Waals surface area contributed by atoms with E-state index >= 15 is 0 Å². The molecule has 0 saturated carbocycles.